The molecular formula is C52H83NO8. The Morgan fingerprint density at radius 2 is 0.885 bits per heavy atom. The first-order valence-electron chi connectivity index (χ1n) is 23.0. The zero-order valence-electron chi connectivity index (χ0n) is 38.7. The van der Waals surface area contributed by atoms with Gasteiger partial charge in [0, 0.05) is 12.8 Å². The van der Waals surface area contributed by atoms with Gasteiger partial charge in [0.15, 0.2) is 12.4 Å². The van der Waals surface area contributed by atoms with Crippen LogP contribution in [0, 0.1) is 0 Å². The minimum Gasteiger partial charge on any atom is -0.545 e. The van der Waals surface area contributed by atoms with Gasteiger partial charge in [-0.2, -0.15) is 0 Å². The number of carboxylic acids is 1. The summed E-state index contributed by atoms with van der Waals surface area (Å²) in [5, 5.41) is 11.7. The molecule has 0 heterocycles. The van der Waals surface area contributed by atoms with Gasteiger partial charge in [-0.05, 0) is 96.3 Å². The minimum atomic E-state index is -1.64. The monoisotopic (exact) mass is 850 g/mol. The molecule has 0 rings (SSSR count). The molecule has 0 aromatic rings. The number of hydrogen-bond acceptors (Lipinski definition) is 8. The molecule has 61 heavy (non-hydrogen) atoms. The van der Waals surface area contributed by atoms with Crippen molar-refractivity contribution in [2.75, 3.05) is 47.5 Å². The summed E-state index contributed by atoms with van der Waals surface area (Å²) in [6.07, 6.45) is 54.0. The van der Waals surface area contributed by atoms with E-state index in [1.165, 1.54) is 0 Å². The van der Waals surface area contributed by atoms with Gasteiger partial charge in [0.2, 0.25) is 0 Å². The van der Waals surface area contributed by atoms with Gasteiger partial charge in [-0.3, -0.25) is 9.59 Å². The second-order valence-corrected chi connectivity index (χ2v) is 15.9. The van der Waals surface area contributed by atoms with Gasteiger partial charge in [-0.25, -0.2) is 0 Å². The van der Waals surface area contributed by atoms with Crippen LogP contribution >= 0.6 is 0 Å². The van der Waals surface area contributed by atoms with Crippen molar-refractivity contribution >= 4 is 17.9 Å². The van der Waals surface area contributed by atoms with Crippen molar-refractivity contribution in [2.24, 2.45) is 0 Å². The molecular weight excluding hydrogens is 767 g/mol. The highest BCUT2D eigenvalue weighted by atomic mass is 16.7. The Kier molecular flexibility index (Phi) is 39.8. The lowest BCUT2D eigenvalue weighted by Gasteiger charge is -2.26. The predicted molar refractivity (Wildman–Crippen MR) is 250 cm³/mol. The summed E-state index contributed by atoms with van der Waals surface area (Å²) in [6.45, 7) is 4.41. The van der Waals surface area contributed by atoms with E-state index in [1.54, 1.807) is 0 Å². The average Bonchev–Trinajstić information content (AvgIpc) is 3.22. The summed E-state index contributed by atoms with van der Waals surface area (Å²) in [7, 11) is 5.88. The molecule has 0 radical (unpaired) electrons. The van der Waals surface area contributed by atoms with E-state index in [-0.39, 0.29) is 32.7 Å². The predicted octanol–water partition coefficient (Wildman–Crippen LogP) is 11.1. The zero-order valence-corrected chi connectivity index (χ0v) is 38.7. The molecule has 0 aromatic carbocycles. The minimum absolute atomic E-state index is 0.130. The summed E-state index contributed by atoms with van der Waals surface area (Å²) >= 11 is 0. The van der Waals surface area contributed by atoms with E-state index < -0.39 is 30.3 Å². The molecule has 0 saturated heterocycles. The van der Waals surface area contributed by atoms with E-state index in [4.69, 9.17) is 18.9 Å². The van der Waals surface area contributed by atoms with Crippen molar-refractivity contribution in [1.82, 2.24) is 0 Å². The van der Waals surface area contributed by atoms with Gasteiger partial charge < -0.3 is 33.3 Å². The van der Waals surface area contributed by atoms with Crippen LogP contribution in [-0.4, -0.2) is 82.3 Å². The Balaban J connectivity index is 4.56. The van der Waals surface area contributed by atoms with Gasteiger partial charge in [0.25, 0.3) is 0 Å². The number of carbonyl (C=O) groups excluding carboxylic acids is 3. The number of likely N-dealkylation sites (N-methyl/N-ethyl adjacent to an activating group) is 1. The number of ether oxygens (including phenoxy) is 4. The van der Waals surface area contributed by atoms with Gasteiger partial charge in [0.05, 0.1) is 40.3 Å². The van der Waals surface area contributed by atoms with Gasteiger partial charge in [-0.15, -0.1) is 0 Å². The normalized spacial score (nSPS) is 13.9. The first-order valence-corrected chi connectivity index (χ1v) is 23.0. The number of carboxylic acid groups (broad SMARTS) is 1. The van der Waals surface area contributed by atoms with E-state index in [0.29, 0.717) is 23.9 Å². The summed E-state index contributed by atoms with van der Waals surface area (Å²) in [6, 6.07) is 0. The summed E-state index contributed by atoms with van der Waals surface area (Å²) in [4.78, 5) is 37.0. The fourth-order valence-electron chi connectivity index (χ4n) is 5.49. The molecule has 0 fully saturated rings. The van der Waals surface area contributed by atoms with Crippen LogP contribution in [0.15, 0.2) is 109 Å². The first kappa shape index (κ1) is 57.0. The lowest BCUT2D eigenvalue weighted by atomic mass is 10.1. The third kappa shape index (κ3) is 43.8. The Labute approximate surface area is 371 Å². The molecule has 2 atom stereocenters. The highest BCUT2D eigenvalue weighted by Crippen LogP contribution is 2.11. The quantitative estimate of drug-likeness (QED) is 0.0197. The molecule has 9 nitrogen and oxygen atoms in total. The standard InChI is InChI=1S/C52H83NO8/c1-6-8-10-12-14-16-18-20-22-24-25-27-29-31-33-35-37-39-41-43-50(55)61-48(47-60-52(51(56)57)58-45-44-53(3,4)5)46-59-49(54)42-40-38-36-34-32-30-28-26-23-21-19-17-15-13-11-9-7-2/h8-11,14-17,20-23,25,27-28,30-31,33,48,52H,6-7,12-13,18-19,24,26,29,32,34-47H2,1-5H3/b10-8-,11-9-,16-14-,17-15-,22-20-,23-21-,27-25-,30-28-,33-31-. The van der Waals surface area contributed by atoms with Crippen LogP contribution in [0.4, 0.5) is 0 Å². The largest absolute Gasteiger partial charge is 0.545 e. The molecule has 0 bridgehead atoms. The molecule has 9 heteroatoms. The molecule has 0 amide bonds. The van der Waals surface area contributed by atoms with Crippen molar-refractivity contribution in [3.05, 3.63) is 109 Å². The molecule has 0 aliphatic rings. The fraction of sp³-hybridized carbons (Fsp3) is 0.596. The molecule has 0 N–H and O–H groups in total. The Bertz CT molecular complexity index is 1360. The highest BCUT2D eigenvalue weighted by Gasteiger charge is 2.21. The number of quaternary nitrogens is 1. The first-order chi connectivity index (χ1) is 29.6. The van der Waals surface area contributed by atoms with E-state index in [9.17, 15) is 19.5 Å². The number of aliphatic carboxylic acids is 1. The van der Waals surface area contributed by atoms with Crippen LogP contribution in [0.3, 0.4) is 0 Å². The lowest BCUT2D eigenvalue weighted by molar-refractivity contribution is -0.870. The van der Waals surface area contributed by atoms with Gasteiger partial charge in [-0.1, -0.05) is 142 Å². The Morgan fingerprint density at radius 1 is 0.492 bits per heavy atom. The molecule has 0 aliphatic heterocycles. The number of nitrogens with zero attached hydrogens (tertiary/aromatic N) is 1. The SMILES string of the molecule is CC/C=C\C/C=C\C/C=C\C/C=C\C/C=C\CCCCCC(=O)OC(COC(=O)CCCCCC/C=C\C/C=C\C/C=C\C/C=C\CC)COC(OCC[N+](C)(C)C)C(=O)[O-]. The molecule has 344 valence electrons. The Hall–Kier alpha value is -4.05. The second kappa shape index (κ2) is 42.6. The van der Waals surface area contributed by atoms with Crippen LogP contribution in [0.5, 0.6) is 0 Å². The van der Waals surface area contributed by atoms with E-state index in [0.717, 1.165) is 103 Å². The lowest BCUT2D eigenvalue weighted by Crippen LogP contribution is -2.44. The maximum absolute atomic E-state index is 12.8. The van der Waals surface area contributed by atoms with Crippen LogP contribution in [0.2, 0.25) is 0 Å². The van der Waals surface area contributed by atoms with Crippen molar-refractivity contribution in [3.8, 4) is 0 Å². The van der Waals surface area contributed by atoms with Crippen molar-refractivity contribution in [2.45, 2.75) is 155 Å². The number of hydrogen-bond donors (Lipinski definition) is 0. The summed E-state index contributed by atoms with van der Waals surface area (Å²) in [5.74, 6) is -2.38. The Morgan fingerprint density at radius 3 is 1.31 bits per heavy atom. The second-order valence-electron chi connectivity index (χ2n) is 15.9. The third-order valence-corrected chi connectivity index (χ3v) is 9.02. The molecule has 0 spiro atoms. The maximum Gasteiger partial charge on any atom is 0.306 e. The van der Waals surface area contributed by atoms with Crippen molar-refractivity contribution in [1.29, 1.82) is 0 Å². The maximum atomic E-state index is 12.8. The van der Waals surface area contributed by atoms with Crippen molar-refractivity contribution in [3.63, 3.8) is 0 Å². The number of esters is 2. The van der Waals surface area contributed by atoms with Crippen LogP contribution in [0.25, 0.3) is 0 Å². The fourth-order valence-corrected chi connectivity index (χ4v) is 5.49. The van der Waals surface area contributed by atoms with E-state index in [2.05, 4.69) is 123 Å². The number of unbranched alkanes of at least 4 members (excludes halogenated alkanes) is 7. The third-order valence-electron chi connectivity index (χ3n) is 9.02. The molecule has 0 aliphatic carbocycles. The van der Waals surface area contributed by atoms with E-state index >= 15 is 0 Å². The summed E-state index contributed by atoms with van der Waals surface area (Å²) in [5.41, 5.74) is 0. The van der Waals surface area contributed by atoms with Crippen LogP contribution < -0.4 is 5.11 Å². The van der Waals surface area contributed by atoms with Gasteiger partial charge in [0.1, 0.15) is 13.2 Å². The molecule has 0 aromatic heterocycles. The number of carbonyl (C=O) groups is 3. The highest BCUT2D eigenvalue weighted by molar-refractivity contribution is 5.70. The molecule has 0 saturated carbocycles. The van der Waals surface area contributed by atoms with Gasteiger partial charge >= 0.3 is 11.9 Å². The average molecular weight is 850 g/mol. The number of allylic oxidation sites excluding steroid dienone is 18. The van der Waals surface area contributed by atoms with Crippen LogP contribution in [0.1, 0.15) is 142 Å². The van der Waals surface area contributed by atoms with Crippen LogP contribution in [-0.2, 0) is 33.3 Å². The topological polar surface area (TPSA) is 111 Å². The van der Waals surface area contributed by atoms with E-state index in [1.807, 2.05) is 21.1 Å². The molecule has 2 unspecified atom stereocenters. The van der Waals surface area contributed by atoms with Crippen molar-refractivity contribution < 1.29 is 42.9 Å². The number of rotatable bonds is 40. The zero-order chi connectivity index (χ0) is 44.9. The summed E-state index contributed by atoms with van der Waals surface area (Å²) < 4.78 is 22.5. The smallest absolute Gasteiger partial charge is 0.306 e.